The third-order valence-electron chi connectivity index (χ3n) is 4.45. The van der Waals surface area contributed by atoms with Crippen molar-refractivity contribution in [1.82, 2.24) is 9.80 Å². The molecule has 1 aliphatic heterocycles. The lowest BCUT2D eigenvalue weighted by Gasteiger charge is -2.25. The highest BCUT2D eigenvalue weighted by molar-refractivity contribution is 6.23. The minimum atomic E-state index is -0.627. The molecule has 0 N–H and O–H groups in total. The van der Waals surface area contributed by atoms with Gasteiger partial charge in [0.25, 0.3) is 17.5 Å². The van der Waals surface area contributed by atoms with E-state index in [-0.39, 0.29) is 23.5 Å². The minimum Gasteiger partial charge on any atom is -0.282 e. The summed E-state index contributed by atoms with van der Waals surface area (Å²) < 4.78 is 0. The molecule has 1 aliphatic rings. The first-order chi connectivity index (χ1) is 12.4. The molecule has 0 fully saturated rings. The lowest BCUT2D eigenvalue weighted by molar-refractivity contribution is -0.385. The molecule has 3 rings (SSSR count). The van der Waals surface area contributed by atoms with Crippen molar-refractivity contribution in [2.75, 3.05) is 13.2 Å². The van der Waals surface area contributed by atoms with E-state index in [1.165, 1.54) is 18.2 Å². The second-order valence-corrected chi connectivity index (χ2v) is 6.27. The van der Waals surface area contributed by atoms with Gasteiger partial charge in [-0.2, -0.15) is 0 Å². The molecule has 0 radical (unpaired) electrons. The molecule has 0 bridgehead atoms. The van der Waals surface area contributed by atoms with E-state index < -0.39 is 16.7 Å². The number of hydrogen-bond acceptors (Lipinski definition) is 5. The van der Waals surface area contributed by atoms with Crippen molar-refractivity contribution in [2.45, 2.75) is 20.4 Å². The van der Waals surface area contributed by atoms with Crippen molar-refractivity contribution in [3.63, 3.8) is 0 Å². The van der Waals surface area contributed by atoms with E-state index in [9.17, 15) is 19.7 Å². The average Bonchev–Trinajstić information content (AvgIpc) is 2.86. The molecule has 7 nitrogen and oxygen atoms in total. The number of rotatable bonds is 6. The highest BCUT2D eigenvalue weighted by atomic mass is 16.6. The standard InChI is InChI=1S/C19H19N3O4/c1-3-20(11-14-7-4-6-13(2)10-14)12-21-18(23)15-8-5-9-16(22(25)26)17(15)19(21)24/h4-10H,3,11-12H2,1-2H3. The molecule has 2 amide bonds. The number of nitro groups is 1. The first-order valence-corrected chi connectivity index (χ1v) is 8.34. The maximum atomic E-state index is 12.7. The van der Waals surface area contributed by atoms with E-state index >= 15 is 0 Å². The first kappa shape index (κ1) is 17.8. The van der Waals surface area contributed by atoms with Crippen LogP contribution in [0.5, 0.6) is 0 Å². The summed E-state index contributed by atoms with van der Waals surface area (Å²) in [6.45, 7) is 5.24. The van der Waals surface area contributed by atoms with E-state index in [0.29, 0.717) is 13.1 Å². The van der Waals surface area contributed by atoms with Gasteiger partial charge in [-0.15, -0.1) is 0 Å². The molecule has 0 atom stereocenters. The van der Waals surface area contributed by atoms with Gasteiger partial charge < -0.3 is 0 Å². The number of hydrogen-bond donors (Lipinski definition) is 0. The molecule has 26 heavy (non-hydrogen) atoms. The van der Waals surface area contributed by atoms with Crippen LogP contribution in [0.25, 0.3) is 0 Å². The molecule has 0 spiro atoms. The van der Waals surface area contributed by atoms with Crippen molar-refractivity contribution < 1.29 is 14.5 Å². The minimum absolute atomic E-state index is 0.0912. The van der Waals surface area contributed by atoms with Gasteiger partial charge in [0.05, 0.1) is 17.2 Å². The molecular formula is C19H19N3O4. The zero-order valence-electron chi connectivity index (χ0n) is 14.6. The molecule has 2 aromatic carbocycles. The van der Waals surface area contributed by atoms with E-state index in [2.05, 4.69) is 6.07 Å². The molecule has 0 aliphatic carbocycles. The van der Waals surface area contributed by atoms with Crippen molar-refractivity contribution in [2.24, 2.45) is 0 Å². The Morgan fingerprint density at radius 2 is 1.85 bits per heavy atom. The Bertz CT molecular complexity index is 894. The number of carbonyl (C=O) groups is 2. The fourth-order valence-corrected chi connectivity index (χ4v) is 3.13. The Labute approximate surface area is 151 Å². The normalized spacial score (nSPS) is 13.4. The Morgan fingerprint density at radius 3 is 2.50 bits per heavy atom. The van der Waals surface area contributed by atoms with Crippen LogP contribution in [0.4, 0.5) is 5.69 Å². The van der Waals surface area contributed by atoms with Crippen LogP contribution in [0.15, 0.2) is 42.5 Å². The summed E-state index contributed by atoms with van der Waals surface area (Å²) in [7, 11) is 0. The summed E-state index contributed by atoms with van der Waals surface area (Å²) in [4.78, 5) is 38.8. The first-order valence-electron chi connectivity index (χ1n) is 8.34. The monoisotopic (exact) mass is 353 g/mol. The van der Waals surface area contributed by atoms with Gasteiger partial charge in [0.15, 0.2) is 0 Å². The number of imide groups is 1. The number of amides is 2. The van der Waals surface area contributed by atoms with Crippen LogP contribution < -0.4 is 0 Å². The lowest BCUT2D eigenvalue weighted by atomic mass is 10.1. The molecule has 1 heterocycles. The highest BCUT2D eigenvalue weighted by Gasteiger charge is 2.41. The lowest BCUT2D eigenvalue weighted by Crippen LogP contribution is -2.40. The van der Waals surface area contributed by atoms with Crippen LogP contribution in [0.1, 0.15) is 38.8 Å². The largest absolute Gasteiger partial charge is 0.282 e. The predicted octanol–water partition coefficient (Wildman–Crippen LogP) is 2.98. The maximum Gasteiger partial charge on any atom is 0.282 e. The van der Waals surface area contributed by atoms with E-state index in [1.807, 2.05) is 36.9 Å². The van der Waals surface area contributed by atoms with Crippen molar-refractivity contribution >= 4 is 17.5 Å². The molecule has 0 aromatic heterocycles. The smallest absolute Gasteiger partial charge is 0.282 e. The molecule has 0 saturated carbocycles. The van der Waals surface area contributed by atoms with E-state index in [0.717, 1.165) is 16.0 Å². The van der Waals surface area contributed by atoms with Gasteiger partial charge >= 0.3 is 0 Å². The second-order valence-electron chi connectivity index (χ2n) is 6.27. The fourth-order valence-electron chi connectivity index (χ4n) is 3.13. The Balaban J connectivity index is 1.83. The van der Waals surface area contributed by atoms with Gasteiger partial charge in [-0.05, 0) is 25.1 Å². The maximum absolute atomic E-state index is 12.7. The van der Waals surface area contributed by atoms with Gasteiger partial charge in [-0.3, -0.25) is 29.5 Å². The summed E-state index contributed by atoms with van der Waals surface area (Å²) >= 11 is 0. The van der Waals surface area contributed by atoms with Gasteiger partial charge in [-0.1, -0.05) is 42.8 Å². The quantitative estimate of drug-likeness (QED) is 0.453. The zero-order valence-corrected chi connectivity index (χ0v) is 14.6. The third kappa shape index (κ3) is 3.21. The Hall–Kier alpha value is -3.06. The van der Waals surface area contributed by atoms with Crippen LogP contribution >= 0.6 is 0 Å². The van der Waals surface area contributed by atoms with Crippen LogP contribution in [0.2, 0.25) is 0 Å². The molecule has 0 unspecified atom stereocenters. The Morgan fingerprint density at radius 1 is 1.12 bits per heavy atom. The van der Waals surface area contributed by atoms with Gasteiger partial charge in [0.1, 0.15) is 5.56 Å². The van der Waals surface area contributed by atoms with E-state index in [1.54, 1.807) is 0 Å². The summed E-state index contributed by atoms with van der Waals surface area (Å²) in [5.74, 6) is -1.10. The number of nitrogens with zero attached hydrogens (tertiary/aromatic N) is 3. The summed E-state index contributed by atoms with van der Waals surface area (Å²) in [6, 6.07) is 12.1. The summed E-state index contributed by atoms with van der Waals surface area (Å²) in [5, 5.41) is 11.2. The highest BCUT2D eigenvalue weighted by Crippen LogP contribution is 2.30. The molecule has 7 heteroatoms. The SMILES string of the molecule is CCN(Cc1cccc(C)c1)CN1C(=O)c2cccc([N+](=O)[O-])c2C1=O. The van der Waals surface area contributed by atoms with Gasteiger partial charge in [0, 0.05) is 12.6 Å². The predicted molar refractivity (Wildman–Crippen MR) is 95.7 cm³/mol. The number of fused-ring (bicyclic) bond motifs is 1. The van der Waals surface area contributed by atoms with Crippen molar-refractivity contribution in [3.8, 4) is 0 Å². The number of nitro benzene ring substituents is 1. The van der Waals surface area contributed by atoms with Crippen LogP contribution in [0.3, 0.4) is 0 Å². The molecule has 134 valence electrons. The molecular weight excluding hydrogens is 334 g/mol. The average molecular weight is 353 g/mol. The zero-order chi connectivity index (χ0) is 18.8. The van der Waals surface area contributed by atoms with Gasteiger partial charge in [-0.25, -0.2) is 0 Å². The topological polar surface area (TPSA) is 83.8 Å². The van der Waals surface area contributed by atoms with Crippen molar-refractivity contribution in [3.05, 3.63) is 74.8 Å². The fraction of sp³-hybridized carbons (Fsp3) is 0.263. The number of benzene rings is 2. The van der Waals surface area contributed by atoms with Gasteiger partial charge in [0.2, 0.25) is 0 Å². The van der Waals surface area contributed by atoms with E-state index in [4.69, 9.17) is 0 Å². The van der Waals surface area contributed by atoms with Crippen LogP contribution in [-0.4, -0.2) is 39.8 Å². The van der Waals surface area contributed by atoms with Crippen LogP contribution in [-0.2, 0) is 6.54 Å². The molecule has 0 saturated heterocycles. The molecule has 2 aromatic rings. The van der Waals surface area contributed by atoms with Crippen LogP contribution in [0, 0.1) is 17.0 Å². The summed E-state index contributed by atoms with van der Waals surface area (Å²) in [6.07, 6.45) is 0. The summed E-state index contributed by atoms with van der Waals surface area (Å²) in [5.41, 5.74) is 1.86. The third-order valence-corrected chi connectivity index (χ3v) is 4.45. The number of carbonyl (C=O) groups excluding carboxylic acids is 2. The second kappa shape index (κ2) is 7.05. The van der Waals surface area contributed by atoms with Crippen molar-refractivity contribution in [1.29, 1.82) is 0 Å². The Kier molecular flexibility index (Phi) is 4.81. The number of aryl methyl sites for hydroxylation is 1.